The fourth-order valence-corrected chi connectivity index (χ4v) is 2.90. The van der Waals surface area contributed by atoms with E-state index in [9.17, 15) is 14.0 Å². The van der Waals surface area contributed by atoms with Crippen LogP contribution in [0.3, 0.4) is 0 Å². The summed E-state index contributed by atoms with van der Waals surface area (Å²) >= 11 is 0. The number of carbonyl (C=O) groups is 2. The third-order valence-corrected chi connectivity index (χ3v) is 4.35. The van der Waals surface area contributed by atoms with Crippen LogP contribution >= 0.6 is 0 Å². The molecule has 2 amide bonds. The minimum atomic E-state index is -0.542. The molecule has 0 aliphatic heterocycles. The standard InChI is InChI=1S/C21H16FN5O3/c1-12-17(18(27-30-12)13-5-3-2-4-6-13)20(28)25-16-11-23-26-19(16)21(29)24-15-9-7-14(22)8-10-15/h2-11H,1H3,(H,23,26)(H,24,29)(H,25,28). The molecular weight excluding hydrogens is 389 g/mol. The number of hydrogen-bond acceptors (Lipinski definition) is 5. The predicted molar refractivity (Wildman–Crippen MR) is 108 cm³/mol. The molecule has 0 fully saturated rings. The second kappa shape index (κ2) is 8.00. The summed E-state index contributed by atoms with van der Waals surface area (Å²) in [4.78, 5) is 25.5. The summed E-state index contributed by atoms with van der Waals surface area (Å²) in [6.07, 6.45) is 1.32. The van der Waals surface area contributed by atoms with Gasteiger partial charge in [0.25, 0.3) is 11.8 Å². The second-order valence-corrected chi connectivity index (χ2v) is 6.40. The van der Waals surface area contributed by atoms with Crippen molar-refractivity contribution in [1.82, 2.24) is 15.4 Å². The van der Waals surface area contributed by atoms with Crippen LogP contribution in [0.15, 0.2) is 65.3 Å². The molecule has 3 N–H and O–H groups in total. The van der Waals surface area contributed by atoms with E-state index in [1.807, 2.05) is 30.3 Å². The topological polar surface area (TPSA) is 113 Å². The number of nitrogens with one attached hydrogen (secondary N) is 3. The van der Waals surface area contributed by atoms with Crippen molar-refractivity contribution in [3.8, 4) is 11.3 Å². The van der Waals surface area contributed by atoms with E-state index in [4.69, 9.17) is 4.52 Å². The molecule has 4 rings (SSSR count). The van der Waals surface area contributed by atoms with Crippen LogP contribution in [-0.2, 0) is 0 Å². The maximum Gasteiger partial charge on any atom is 0.275 e. The number of halogens is 1. The fraction of sp³-hybridized carbons (Fsp3) is 0.0476. The Hall–Kier alpha value is -4.27. The van der Waals surface area contributed by atoms with Gasteiger partial charge in [-0.2, -0.15) is 5.10 Å². The molecule has 0 unspecified atom stereocenters. The minimum absolute atomic E-state index is 0.0445. The molecule has 2 heterocycles. The Bertz CT molecular complexity index is 1200. The van der Waals surface area contributed by atoms with Crippen LogP contribution in [0.5, 0.6) is 0 Å². The van der Waals surface area contributed by atoms with Crippen molar-refractivity contribution in [2.45, 2.75) is 6.92 Å². The van der Waals surface area contributed by atoms with Crippen molar-refractivity contribution < 1.29 is 18.5 Å². The Morgan fingerprint density at radius 1 is 1.00 bits per heavy atom. The van der Waals surface area contributed by atoms with Gasteiger partial charge in [0.15, 0.2) is 0 Å². The van der Waals surface area contributed by atoms with Gasteiger partial charge in [-0.1, -0.05) is 35.5 Å². The van der Waals surface area contributed by atoms with E-state index >= 15 is 0 Å². The maximum absolute atomic E-state index is 13.0. The number of benzene rings is 2. The zero-order chi connectivity index (χ0) is 21.1. The van der Waals surface area contributed by atoms with Crippen LogP contribution in [0, 0.1) is 12.7 Å². The first kappa shape index (κ1) is 19.1. The quantitative estimate of drug-likeness (QED) is 0.464. The second-order valence-electron chi connectivity index (χ2n) is 6.40. The molecule has 4 aromatic rings. The maximum atomic E-state index is 13.0. The normalized spacial score (nSPS) is 10.6. The van der Waals surface area contributed by atoms with E-state index < -0.39 is 17.6 Å². The van der Waals surface area contributed by atoms with E-state index in [-0.39, 0.29) is 16.9 Å². The van der Waals surface area contributed by atoms with Crippen LogP contribution in [-0.4, -0.2) is 27.2 Å². The number of rotatable bonds is 5. The molecule has 2 aromatic heterocycles. The van der Waals surface area contributed by atoms with E-state index in [2.05, 4.69) is 26.0 Å². The third-order valence-electron chi connectivity index (χ3n) is 4.35. The number of aryl methyl sites for hydroxylation is 1. The highest BCUT2D eigenvalue weighted by molar-refractivity contribution is 6.13. The summed E-state index contributed by atoms with van der Waals surface area (Å²) in [5.41, 5.74) is 2.00. The molecular formula is C21H16FN5O3. The van der Waals surface area contributed by atoms with Gasteiger partial charge >= 0.3 is 0 Å². The Labute approximate surface area is 170 Å². The monoisotopic (exact) mass is 405 g/mol. The third kappa shape index (κ3) is 3.81. The van der Waals surface area contributed by atoms with Crippen molar-refractivity contribution in [3.63, 3.8) is 0 Å². The Kier molecular flexibility index (Phi) is 5.08. The lowest BCUT2D eigenvalue weighted by atomic mass is 10.1. The van der Waals surface area contributed by atoms with Crippen molar-refractivity contribution >= 4 is 23.2 Å². The lowest BCUT2D eigenvalue weighted by molar-refractivity contribution is 0.102. The summed E-state index contributed by atoms with van der Waals surface area (Å²) in [7, 11) is 0. The molecule has 0 aliphatic carbocycles. The van der Waals surface area contributed by atoms with Crippen molar-refractivity contribution in [1.29, 1.82) is 0 Å². The van der Waals surface area contributed by atoms with Gasteiger partial charge in [0.2, 0.25) is 0 Å². The largest absolute Gasteiger partial charge is 0.360 e. The molecule has 0 saturated heterocycles. The SMILES string of the molecule is Cc1onc(-c2ccccc2)c1C(=O)Nc1cn[nH]c1C(=O)Nc1ccc(F)cc1. The lowest BCUT2D eigenvalue weighted by Crippen LogP contribution is -2.18. The molecule has 0 atom stereocenters. The van der Waals surface area contributed by atoms with E-state index in [1.165, 1.54) is 30.5 Å². The zero-order valence-corrected chi connectivity index (χ0v) is 15.8. The van der Waals surface area contributed by atoms with Crippen LogP contribution < -0.4 is 10.6 Å². The number of H-pyrrole nitrogens is 1. The number of amides is 2. The molecule has 30 heavy (non-hydrogen) atoms. The Morgan fingerprint density at radius 2 is 1.73 bits per heavy atom. The van der Waals surface area contributed by atoms with Crippen molar-refractivity contribution in [2.24, 2.45) is 0 Å². The van der Waals surface area contributed by atoms with Gasteiger partial charge in [-0.25, -0.2) is 4.39 Å². The van der Waals surface area contributed by atoms with Crippen LogP contribution in [0.1, 0.15) is 26.6 Å². The number of carbonyl (C=O) groups excluding carboxylic acids is 2. The summed E-state index contributed by atoms with van der Waals surface area (Å²) in [6, 6.07) is 14.4. The van der Waals surface area contributed by atoms with Crippen LogP contribution in [0.4, 0.5) is 15.8 Å². The molecule has 0 aliphatic rings. The number of anilines is 2. The molecule has 8 nitrogen and oxygen atoms in total. The van der Waals surface area contributed by atoms with E-state index in [0.717, 1.165) is 5.56 Å². The molecule has 0 saturated carbocycles. The van der Waals surface area contributed by atoms with Crippen molar-refractivity contribution in [2.75, 3.05) is 10.6 Å². The van der Waals surface area contributed by atoms with Gasteiger partial charge in [-0.05, 0) is 31.2 Å². The Balaban J connectivity index is 1.56. The number of aromatic nitrogens is 3. The van der Waals surface area contributed by atoms with Gasteiger partial charge in [0.1, 0.15) is 28.5 Å². The van der Waals surface area contributed by atoms with Crippen molar-refractivity contribution in [3.05, 3.63) is 83.6 Å². The highest BCUT2D eigenvalue weighted by Gasteiger charge is 2.24. The lowest BCUT2D eigenvalue weighted by Gasteiger charge is -2.07. The van der Waals surface area contributed by atoms with Crippen LogP contribution in [0.25, 0.3) is 11.3 Å². The van der Waals surface area contributed by atoms with E-state index in [0.29, 0.717) is 17.1 Å². The van der Waals surface area contributed by atoms with Crippen LogP contribution in [0.2, 0.25) is 0 Å². The molecule has 2 aromatic carbocycles. The van der Waals surface area contributed by atoms with Gasteiger partial charge in [0, 0.05) is 11.3 Å². The number of nitrogens with zero attached hydrogens (tertiary/aromatic N) is 2. The summed E-state index contributed by atoms with van der Waals surface area (Å²) < 4.78 is 18.3. The zero-order valence-electron chi connectivity index (χ0n) is 15.8. The highest BCUT2D eigenvalue weighted by atomic mass is 19.1. The first-order valence-electron chi connectivity index (χ1n) is 8.96. The molecule has 9 heteroatoms. The first-order valence-corrected chi connectivity index (χ1v) is 8.96. The Morgan fingerprint density at radius 3 is 2.47 bits per heavy atom. The fourth-order valence-electron chi connectivity index (χ4n) is 2.90. The molecule has 0 bridgehead atoms. The predicted octanol–water partition coefficient (Wildman–Crippen LogP) is 4.02. The smallest absolute Gasteiger partial charge is 0.275 e. The molecule has 0 spiro atoms. The summed E-state index contributed by atoms with van der Waals surface area (Å²) in [5, 5.41) is 15.7. The number of hydrogen-bond donors (Lipinski definition) is 3. The molecule has 150 valence electrons. The minimum Gasteiger partial charge on any atom is -0.360 e. The van der Waals surface area contributed by atoms with E-state index in [1.54, 1.807) is 6.92 Å². The average molecular weight is 405 g/mol. The van der Waals surface area contributed by atoms with Gasteiger partial charge in [-0.3, -0.25) is 14.7 Å². The van der Waals surface area contributed by atoms with Gasteiger partial charge in [-0.15, -0.1) is 0 Å². The average Bonchev–Trinajstić information content (AvgIpc) is 3.37. The number of aromatic amines is 1. The highest BCUT2D eigenvalue weighted by Crippen LogP contribution is 2.26. The first-order chi connectivity index (χ1) is 14.5. The summed E-state index contributed by atoms with van der Waals surface area (Å²) in [5.74, 6) is -1.11. The van der Waals surface area contributed by atoms with Gasteiger partial charge in [0.05, 0.1) is 11.9 Å². The summed E-state index contributed by atoms with van der Waals surface area (Å²) in [6.45, 7) is 1.63. The molecule has 0 radical (unpaired) electrons. The van der Waals surface area contributed by atoms with Gasteiger partial charge < -0.3 is 15.2 Å².